The lowest BCUT2D eigenvalue weighted by molar-refractivity contribution is 0.611. The molecule has 0 fully saturated rings. The van der Waals surface area contributed by atoms with Gasteiger partial charge in [0.1, 0.15) is 0 Å². The Bertz CT molecular complexity index is 90.2. The zero-order valence-corrected chi connectivity index (χ0v) is 3.34. The van der Waals surface area contributed by atoms with E-state index in [1.165, 1.54) is 7.05 Å². The average molecular weight is 81.1 g/mol. The van der Waals surface area contributed by atoms with Crippen LogP contribution in [-0.2, 0) is 0 Å². The molecule has 6 heavy (non-hydrogen) atoms. The van der Waals surface area contributed by atoms with Crippen LogP contribution in [0.5, 0.6) is 0 Å². The van der Waals surface area contributed by atoms with Crippen LogP contribution in [0.3, 0.4) is 0 Å². The van der Waals surface area contributed by atoms with Crippen LogP contribution in [0.4, 0.5) is 0 Å². The van der Waals surface area contributed by atoms with Crippen molar-refractivity contribution in [3.05, 3.63) is 23.1 Å². The molecule has 0 aromatic rings. The second-order valence-electron chi connectivity index (χ2n) is 0.689. The zero-order valence-electron chi connectivity index (χ0n) is 3.34. The van der Waals surface area contributed by atoms with Gasteiger partial charge in [0.2, 0.25) is 5.12 Å². The molecule has 3 nitrogen and oxygen atoms in total. The molecule has 0 spiro atoms. The lowest BCUT2D eigenvalue weighted by Crippen LogP contribution is -1.90. The summed E-state index contributed by atoms with van der Waals surface area (Å²) in [5.41, 5.74) is 0. The summed E-state index contributed by atoms with van der Waals surface area (Å²) in [5.74, 6) is 0. The molecular formula is C3H3N3. The van der Waals surface area contributed by atoms with Gasteiger partial charge in [0.15, 0.2) is 7.05 Å². The average Bonchev–Trinajstić information content (AvgIpc) is 1.65. The van der Waals surface area contributed by atoms with Crippen LogP contribution < -0.4 is 0 Å². The van der Waals surface area contributed by atoms with Crippen molar-refractivity contribution in [2.75, 3.05) is 7.05 Å². The molecule has 0 aliphatic carbocycles. The van der Waals surface area contributed by atoms with Gasteiger partial charge in [-0.3, -0.25) is 0 Å². The summed E-state index contributed by atoms with van der Waals surface area (Å²) in [4.78, 5) is 5.47. The maximum Gasteiger partial charge on any atom is 0.201 e. The third-order valence-corrected chi connectivity index (χ3v) is 0.289. The van der Waals surface area contributed by atoms with Gasteiger partial charge in [0.05, 0.1) is 0 Å². The second-order valence-corrected chi connectivity index (χ2v) is 0.689. The largest absolute Gasteiger partial charge is 0.201 e. The highest BCUT2D eigenvalue weighted by atomic mass is 15.6. The fourth-order valence-corrected chi connectivity index (χ4v) is 0.0224. The molecule has 0 unspecified atom stereocenters. The molecule has 0 bridgehead atoms. The lowest BCUT2D eigenvalue weighted by atomic mass is 11.4. The Labute approximate surface area is 36.4 Å². The molecule has 0 N–H and O–H groups in total. The van der Waals surface area contributed by atoms with Gasteiger partial charge in [-0.25, -0.2) is 0 Å². The molecule has 0 aromatic carbocycles. The molecule has 0 heterocycles. The molecule has 0 aliphatic rings. The van der Waals surface area contributed by atoms with Crippen LogP contribution in [0.15, 0.2) is 0 Å². The van der Waals surface area contributed by atoms with E-state index in [0.717, 1.165) is 5.12 Å². The number of nitrogens with zero attached hydrogens (tertiary/aromatic N) is 3. The van der Waals surface area contributed by atoms with Gasteiger partial charge in [0.25, 0.3) is 0 Å². The Kier molecular flexibility index (Phi) is 1.63. The monoisotopic (exact) mass is 81.0 g/mol. The first-order chi connectivity index (χ1) is 2.81. The normalized spacial score (nSPS) is 5.17. The fraction of sp³-hybridized carbons (Fsp3) is 0.333. The van der Waals surface area contributed by atoms with Crippen molar-refractivity contribution in [3.63, 3.8) is 0 Å². The van der Waals surface area contributed by atoms with E-state index in [1.807, 2.05) is 0 Å². The van der Waals surface area contributed by atoms with E-state index in [0.29, 0.717) is 0 Å². The Hall–Kier alpha value is -1.22. The van der Waals surface area contributed by atoms with Crippen molar-refractivity contribution < 1.29 is 0 Å². The molecule has 0 aliphatic heterocycles. The van der Waals surface area contributed by atoms with E-state index in [9.17, 15) is 0 Å². The maximum absolute atomic E-state index is 6.15. The van der Waals surface area contributed by atoms with E-state index >= 15 is 0 Å². The minimum Gasteiger partial charge on any atom is -0.177 e. The quantitative estimate of drug-likeness (QED) is 0.307. The molecule has 0 atom stereocenters. The predicted octanol–water partition coefficient (Wildman–Crippen LogP) is 0.587. The number of hydrogen-bond donors (Lipinski definition) is 0. The Morgan fingerprint density at radius 3 is 1.67 bits per heavy atom. The SMILES string of the molecule is [C-]#[N+]N(C)[N+]#[C-]. The third kappa shape index (κ3) is 1.14. The van der Waals surface area contributed by atoms with Crippen LogP contribution in [0, 0.1) is 13.1 Å². The van der Waals surface area contributed by atoms with E-state index in [4.69, 9.17) is 13.1 Å². The molecule has 3 heteroatoms. The van der Waals surface area contributed by atoms with Crippen LogP contribution >= 0.6 is 0 Å². The van der Waals surface area contributed by atoms with Gasteiger partial charge < -0.3 is 0 Å². The maximum atomic E-state index is 6.15. The smallest absolute Gasteiger partial charge is 0.177 e. The molecule has 0 aromatic heterocycles. The summed E-state index contributed by atoms with van der Waals surface area (Å²) >= 11 is 0. The molecule has 0 saturated carbocycles. The highest BCUT2D eigenvalue weighted by molar-refractivity contribution is 4.55. The Balaban J connectivity index is 3.40. The summed E-state index contributed by atoms with van der Waals surface area (Å²) < 4.78 is 0. The summed E-state index contributed by atoms with van der Waals surface area (Å²) in [5, 5.41) is 0.833. The zero-order chi connectivity index (χ0) is 4.99. The van der Waals surface area contributed by atoms with Crippen molar-refractivity contribution in [3.8, 4) is 0 Å². The minimum absolute atomic E-state index is 0.833. The summed E-state index contributed by atoms with van der Waals surface area (Å²) in [7, 11) is 1.40. The van der Waals surface area contributed by atoms with Crippen molar-refractivity contribution in [2.45, 2.75) is 0 Å². The van der Waals surface area contributed by atoms with Gasteiger partial charge in [-0.2, -0.15) is 13.1 Å². The summed E-state index contributed by atoms with van der Waals surface area (Å²) in [6.07, 6.45) is 0. The second kappa shape index (κ2) is 2.04. The van der Waals surface area contributed by atoms with Crippen LogP contribution in [0.1, 0.15) is 0 Å². The van der Waals surface area contributed by atoms with Crippen LogP contribution in [0.25, 0.3) is 9.91 Å². The number of rotatable bonds is 0. The molecule has 0 rings (SSSR count). The molecule has 0 saturated heterocycles. The van der Waals surface area contributed by atoms with E-state index in [1.54, 1.807) is 0 Å². The van der Waals surface area contributed by atoms with Crippen molar-refractivity contribution in [2.24, 2.45) is 0 Å². The minimum atomic E-state index is 0.833. The van der Waals surface area contributed by atoms with Gasteiger partial charge in [-0.1, -0.05) is 9.91 Å². The first kappa shape index (κ1) is 4.78. The number of hydrogen-bond acceptors (Lipinski definition) is 1. The summed E-state index contributed by atoms with van der Waals surface area (Å²) in [6.45, 7) is 12.3. The van der Waals surface area contributed by atoms with Crippen molar-refractivity contribution >= 4 is 0 Å². The standard InChI is InChI=1S/C3H3N3/c1-4-6(3)5-2/h3H3. The topological polar surface area (TPSA) is 12.0 Å². The highest BCUT2D eigenvalue weighted by Gasteiger charge is 1.88. The van der Waals surface area contributed by atoms with E-state index in [2.05, 4.69) is 9.91 Å². The van der Waals surface area contributed by atoms with Gasteiger partial charge in [-0.15, -0.1) is 0 Å². The van der Waals surface area contributed by atoms with Gasteiger partial charge in [0, 0.05) is 0 Å². The molecule has 0 radical (unpaired) electrons. The molecule has 30 valence electrons. The van der Waals surface area contributed by atoms with Crippen LogP contribution in [0.2, 0.25) is 0 Å². The first-order valence-electron chi connectivity index (χ1n) is 1.29. The van der Waals surface area contributed by atoms with Crippen molar-refractivity contribution in [1.82, 2.24) is 5.12 Å². The molecular weight excluding hydrogens is 78.1 g/mol. The summed E-state index contributed by atoms with van der Waals surface area (Å²) in [6, 6.07) is 0. The van der Waals surface area contributed by atoms with Gasteiger partial charge in [-0.05, 0) is 0 Å². The van der Waals surface area contributed by atoms with Crippen LogP contribution in [-0.4, -0.2) is 12.2 Å². The molecule has 0 amide bonds. The van der Waals surface area contributed by atoms with Crippen molar-refractivity contribution in [1.29, 1.82) is 0 Å². The first-order valence-corrected chi connectivity index (χ1v) is 1.29. The Morgan fingerprint density at radius 2 is 1.67 bits per heavy atom. The highest BCUT2D eigenvalue weighted by Crippen LogP contribution is 1.76. The Morgan fingerprint density at radius 1 is 1.33 bits per heavy atom. The lowest BCUT2D eigenvalue weighted by Gasteiger charge is -1.73. The van der Waals surface area contributed by atoms with E-state index in [-0.39, 0.29) is 0 Å². The predicted molar refractivity (Wildman–Crippen MR) is 21.0 cm³/mol. The third-order valence-electron chi connectivity index (χ3n) is 0.289. The fourth-order valence-electron chi connectivity index (χ4n) is 0.0224. The van der Waals surface area contributed by atoms with Gasteiger partial charge >= 0.3 is 0 Å². The van der Waals surface area contributed by atoms with E-state index < -0.39 is 0 Å².